The molecule has 1 unspecified atom stereocenters. The van der Waals surface area contributed by atoms with Crippen molar-refractivity contribution in [1.29, 1.82) is 0 Å². The maximum Gasteiger partial charge on any atom is 0.432 e. The van der Waals surface area contributed by atoms with Crippen LogP contribution in [0.2, 0.25) is 0 Å². The summed E-state index contributed by atoms with van der Waals surface area (Å²) in [7, 11) is 1.59. The molecular formula is C16H17F3N4O2. The summed E-state index contributed by atoms with van der Waals surface area (Å²) in [5.74, 6) is -0.362. The Morgan fingerprint density at radius 2 is 2.16 bits per heavy atom. The van der Waals surface area contributed by atoms with Crippen molar-refractivity contribution in [2.75, 3.05) is 13.1 Å². The number of carbonyl (C=O) groups is 1. The predicted molar refractivity (Wildman–Crippen MR) is 83.2 cm³/mol. The fourth-order valence-corrected chi connectivity index (χ4v) is 2.94. The number of carbonyl (C=O) groups excluding carboxylic acids is 1. The molecule has 1 fully saturated rings. The zero-order valence-electron chi connectivity index (χ0n) is 13.5. The van der Waals surface area contributed by atoms with Gasteiger partial charge in [-0.3, -0.25) is 9.59 Å². The van der Waals surface area contributed by atoms with Crippen molar-refractivity contribution in [1.82, 2.24) is 19.4 Å². The van der Waals surface area contributed by atoms with E-state index in [0.717, 1.165) is 6.20 Å². The van der Waals surface area contributed by atoms with E-state index in [4.69, 9.17) is 0 Å². The molecule has 2 aromatic heterocycles. The Balaban J connectivity index is 1.76. The summed E-state index contributed by atoms with van der Waals surface area (Å²) < 4.78 is 39.5. The number of imidazole rings is 1. The quantitative estimate of drug-likeness (QED) is 0.898. The van der Waals surface area contributed by atoms with Gasteiger partial charge in [0.25, 0.3) is 11.5 Å². The number of alkyl halides is 3. The van der Waals surface area contributed by atoms with E-state index in [1.165, 1.54) is 16.8 Å². The number of piperidine rings is 1. The number of amides is 1. The highest BCUT2D eigenvalue weighted by molar-refractivity contribution is 5.94. The van der Waals surface area contributed by atoms with Crippen LogP contribution in [0.25, 0.3) is 0 Å². The van der Waals surface area contributed by atoms with Crippen LogP contribution >= 0.6 is 0 Å². The Bertz CT molecular complexity index is 840. The number of hydrogen-bond acceptors (Lipinski definition) is 3. The number of halogens is 3. The number of aromatic nitrogens is 3. The molecule has 0 radical (unpaired) electrons. The lowest BCUT2D eigenvalue weighted by atomic mass is 9.97. The van der Waals surface area contributed by atoms with Gasteiger partial charge in [0, 0.05) is 43.9 Å². The van der Waals surface area contributed by atoms with Gasteiger partial charge >= 0.3 is 6.18 Å². The molecule has 1 N–H and O–H groups in total. The van der Waals surface area contributed by atoms with Crippen LogP contribution in [0, 0.1) is 0 Å². The van der Waals surface area contributed by atoms with Crippen LogP contribution < -0.4 is 5.56 Å². The van der Waals surface area contributed by atoms with E-state index in [1.807, 2.05) is 0 Å². The van der Waals surface area contributed by atoms with Crippen LogP contribution in [-0.4, -0.2) is 38.4 Å². The Morgan fingerprint density at radius 1 is 1.40 bits per heavy atom. The summed E-state index contributed by atoms with van der Waals surface area (Å²) in [5, 5.41) is 0. The van der Waals surface area contributed by atoms with Gasteiger partial charge in [-0.15, -0.1) is 0 Å². The maximum atomic E-state index is 12.7. The zero-order valence-corrected chi connectivity index (χ0v) is 13.5. The molecule has 0 bridgehead atoms. The molecule has 1 atom stereocenters. The zero-order chi connectivity index (χ0) is 18.2. The van der Waals surface area contributed by atoms with Gasteiger partial charge in [0.05, 0.1) is 6.20 Å². The molecule has 6 nitrogen and oxygen atoms in total. The lowest BCUT2D eigenvalue weighted by Gasteiger charge is -2.32. The lowest BCUT2D eigenvalue weighted by molar-refractivity contribution is -0.141. The molecule has 1 aliphatic heterocycles. The SMILES string of the molecule is Cn1ccc(C(=O)N2CCCC(c3ncc(C(F)(F)F)[nH]3)C2)cc1=O. The number of pyridine rings is 1. The topological polar surface area (TPSA) is 71.0 Å². The van der Waals surface area contributed by atoms with E-state index in [0.29, 0.717) is 19.4 Å². The molecule has 1 saturated heterocycles. The second-order valence-corrected chi connectivity index (χ2v) is 6.13. The van der Waals surface area contributed by atoms with E-state index in [1.54, 1.807) is 18.0 Å². The molecule has 1 aliphatic rings. The fourth-order valence-electron chi connectivity index (χ4n) is 2.94. The molecular weight excluding hydrogens is 337 g/mol. The van der Waals surface area contributed by atoms with Gasteiger partial charge in [0.2, 0.25) is 0 Å². The summed E-state index contributed by atoms with van der Waals surface area (Å²) >= 11 is 0. The molecule has 9 heteroatoms. The average Bonchev–Trinajstić information content (AvgIpc) is 3.07. The van der Waals surface area contributed by atoms with Crippen molar-refractivity contribution < 1.29 is 18.0 Å². The monoisotopic (exact) mass is 354 g/mol. The van der Waals surface area contributed by atoms with Crippen molar-refractivity contribution in [2.45, 2.75) is 24.9 Å². The van der Waals surface area contributed by atoms with E-state index >= 15 is 0 Å². The Kier molecular flexibility index (Phi) is 4.40. The van der Waals surface area contributed by atoms with Crippen molar-refractivity contribution in [2.24, 2.45) is 7.05 Å². The van der Waals surface area contributed by atoms with Gasteiger partial charge in [-0.2, -0.15) is 13.2 Å². The second kappa shape index (κ2) is 6.38. The molecule has 134 valence electrons. The van der Waals surface area contributed by atoms with Gasteiger partial charge in [-0.05, 0) is 18.9 Å². The number of nitrogens with one attached hydrogen (secondary N) is 1. The van der Waals surface area contributed by atoms with Gasteiger partial charge in [-0.25, -0.2) is 4.98 Å². The van der Waals surface area contributed by atoms with Crippen LogP contribution in [0.4, 0.5) is 13.2 Å². The first-order valence-corrected chi connectivity index (χ1v) is 7.84. The Labute approximate surface area is 141 Å². The molecule has 2 aromatic rings. The highest BCUT2D eigenvalue weighted by atomic mass is 19.4. The molecule has 3 heterocycles. The van der Waals surface area contributed by atoms with Crippen LogP contribution in [0.1, 0.15) is 40.6 Å². The predicted octanol–water partition coefficient (Wildman–Crippen LogP) is 2.15. The van der Waals surface area contributed by atoms with Crippen molar-refractivity contribution >= 4 is 5.91 Å². The first-order valence-electron chi connectivity index (χ1n) is 7.84. The summed E-state index contributed by atoms with van der Waals surface area (Å²) in [6.45, 7) is 0.760. The minimum atomic E-state index is -4.47. The van der Waals surface area contributed by atoms with Gasteiger partial charge in [-0.1, -0.05) is 0 Å². The Morgan fingerprint density at radius 3 is 2.80 bits per heavy atom. The van der Waals surface area contributed by atoms with E-state index in [9.17, 15) is 22.8 Å². The van der Waals surface area contributed by atoms with Crippen LogP contribution in [-0.2, 0) is 13.2 Å². The van der Waals surface area contributed by atoms with Crippen LogP contribution in [0.3, 0.4) is 0 Å². The van der Waals surface area contributed by atoms with Crippen LogP contribution in [0.5, 0.6) is 0 Å². The van der Waals surface area contributed by atoms with Gasteiger partial charge < -0.3 is 14.5 Å². The average molecular weight is 354 g/mol. The summed E-state index contributed by atoms with van der Waals surface area (Å²) in [6, 6.07) is 2.82. The van der Waals surface area contributed by atoms with Crippen molar-refractivity contribution in [3.63, 3.8) is 0 Å². The standard InChI is InChI=1S/C16H17F3N4O2/c1-22-6-4-10(7-13(22)24)15(25)23-5-2-3-11(9-23)14-20-8-12(21-14)16(17,18)19/h4,6-8,11H,2-3,5,9H2,1H3,(H,20,21). The first-order chi connectivity index (χ1) is 11.8. The summed E-state index contributed by atoms with van der Waals surface area (Å²) in [6.07, 6.45) is -0.885. The van der Waals surface area contributed by atoms with E-state index < -0.39 is 11.9 Å². The van der Waals surface area contributed by atoms with Crippen molar-refractivity contribution in [3.05, 3.63) is 52.0 Å². The van der Waals surface area contributed by atoms with Crippen LogP contribution in [0.15, 0.2) is 29.3 Å². The second-order valence-electron chi connectivity index (χ2n) is 6.13. The third kappa shape index (κ3) is 3.59. The molecule has 1 amide bonds. The molecule has 0 aromatic carbocycles. The fraction of sp³-hybridized carbons (Fsp3) is 0.438. The smallest absolute Gasteiger partial charge is 0.338 e. The minimum absolute atomic E-state index is 0.230. The highest BCUT2D eigenvalue weighted by Crippen LogP contribution is 2.31. The number of aromatic amines is 1. The maximum absolute atomic E-state index is 12.7. The third-order valence-corrected chi connectivity index (χ3v) is 4.35. The molecule has 0 saturated carbocycles. The molecule has 0 aliphatic carbocycles. The lowest BCUT2D eigenvalue weighted by Crippen LogP contribution is -2.39. The van der Waals surface area contributed by atoms with Gasteiger partial charge in [0.15, 0.2) is 0 Å². The largest absolute Gasteiger partial charge is 0.432 e. The number of nitrogens with zero attached hydrogens (tertiary/aromatic N) is 3. The molecule has 25 heavy (non-hydrogen) atoms. The Hall–Kier alpha value is -2.58. The highest BCUT2D eigenvalue weighted by Gasteiger charge is 2.35. The summed E-state index contributed by atoms with van der Waals surface area (Å²) in [4.78, 5) is 31.9. The molecule has 0 spiro atoms. The van der Waals surface area contributed by atoms with Crippen molar-refractivity contribution in [3.8, 4) is 0 Å². The normalized spacial score (nSPS) is 18.4. The number of H-pyrrole nitrogens is 1. The van der Waals surface area contributed by atoms with E-state index in [2.05, 4.69) is 9.97 Å². The first kappa shape index (κ1) is 17.2. The number of aryl methyl sites for hydroxylation is 1. The number of rotatable bonds is 2. The molecule has 3 rings (SSSR count). The minimum Gasteiger partial charge on any atom is -0.338 e. The number of likely N-dealkylation sites (tertiary alicyclic amines) is 1. The number of hydrogen-bond donors (Lipinski definition) is 1. The van der Waals surface area contributed by atoms with E-state index in [-0.39, 0.29) is 35.3 Å². The van der Waals surface area contributed by atoms with Gasteiger partial charge in [0.1, 0.15) is 11.5 Å². The third-order valence-electron chi connectivity index (χ3n) is 4.35. The summed E-state index contributed by atoms with van der Waals surface area (Å²) in [5.41, 5.74) is -0.906.